The summed E-state index contributed by atoms with van der Waals surface area (Å²) in [5.41, 5.74) is 0. The largest absolute Gasteiger partial charge is 0.372 e. The van der Waals surface area contributed by atoms with Gasteiger partial charge in [-0.15, -0.1) is 0 Å². The van der Waals surface area contributed by atoms with Crippen LogP contribution in [-0.4, -0.2) is 31.3 Å². The van der Waals surface area contributed by atoms with Crippen molar-refractivity contribution in [2.24, 2.45) is 0 Å². The third-order valence-electron chi connectivity index (χ3n) is 2.26. The molecule has 1 heterocycles. The highest BCUT2D eigenvalue weighted by Gasteiger charge is 2.12. The highest BCUT2D eigenvalue weighted by Crippen LogP contribution is 2.07. The third kappa shape index (κ3) is 4.02. The fourth-order valence-corrected chi connectivity index (χ4v) is 1.22. The lowest BCUT2D eigenvalue weighted by molar-refractivity contribution is -0.122. The van der Waals surface area contributed by atoms with Gasteiger partial charge < -0.3 is 9.26 Å². The van der Waals surface area contributed by atoms with E-state index in [1.165, 1.54) is 11.2 Å². The fourth-order valence-electron chi connectivity index (χ4n) is 1.22. The smallest absolute Gasteiger partial charge is 0.253 e. The number of anilines is 1. The van der Waals surface area contributed by atoms with Crippen LogP contribution in [0.1, 0.15) is 26.2 Å². The molecule has 90 valence electrons. The van der Waals surface area contributed by atoms with Gasteiger partial charge in [-0.3, -0.25) is 9.69 Å². The highest BCUT2D eigenvalue weighted by molar-refractivity contribution is 5.92. The molecule has 16 heavy (non-hydrogen) atoms. The Balaban J connectivity index is 2.20. The number of amides is 1. The number of carbonyl (C=O) groups excluding carboxylic acids is 1. The van der Waals surface area contributed by atoms with E-state index in [4.69, 9.17) is 4.74 Å². The first-order valence-corrected chi connectivity index (χ1v) is 5.50. The number of aromatic nitrogens is 1. The molecule has 0 aromatic carbocycles. The van der Waals surface area contributed by atoms with Crippen molar-refractivity contribution in [3.63, 3.8) is 0 Å². The van der Waals surface area contributed by atoms with Crippen LogP contribution >= 0.6 is 0 Å². The van der Waals surface area contributed by atoms with Crippen molar-refractivity contribution in [2.75, 3.05) is 25.2 Å². The van der Waals surface area contributed by atoms with E-state index >= 15 is 0 Å². The Morgan fingerprint density at radius 1 is 1.56 bits per heavy atom. The molecule has 5 nitrogen and oxygen atoms in total. The van der Waals surface area contributed by atoms with Gasteiger partial charge in [0.2, 0.25) is 0 Å². The first kappa shape index (κ1) is 12.7. The average molecular weight is 226 g/mol. The second kappa shape index (κ2) is 7.00. The van der Waals surface area contributed by atoms with Crippen molar-refractivity contribution in [1.29, 1.82) is 0 Å². The van der Waals surface area contributed by atoms with Gasteiger partial charge in [0.1, 0.15) is 12.9 Å². The lowest BCUT2D eigenvalue weighted by atomic mass is 10.3. The summed E-state index contributed by atoms with van der Waals surface area (Å²) in [5, 5.41) is 3.67. The van der Waals surface area contributed by atoms with E-state index in [2.05, 4.69) is 16.6 Å². The second-order valence-corrected chi connectivity index (χ2v) is 3.57. The van der Waals surface area contributed by atoms with Crippen molar-refractivity contribution < 1.29 is 14.1 Å². The molecule has 0 unspecified atom stereocenters. The third-order valence-corrected chi connectivity index (χ3v) is 2.26. The van der Waals surface area contributed by atoms with Crippen molar-refractivity contribution in [3.8, 4) is 0 Å². The van der Waals surface area contributed by atoms with Crippen LogP contribution in [0.5, 0.6) is 0 Å². The Hall–Kier alpha value is -1.36. The van der Waals surface area contributed by atoms with Crippen molar-refractivity contribution in [2.45, 2.75) is 26.2 Å². The summed E-state index contributed by atoms with van der Waals surface area (Å²) < 4.78 is 9.93. The number of carbonyl (C=O) groups is 1. The van der Waals surface area contributed by atoms with Crippen molar-refractivity contribution >= 4 is 11.7 Å². The maximum atomic E-state index is 11.6. The minimum Gasteiger partial charge on any atom is -0.372 e. The quantitative estimate of drug-likeness (QED) is 0.666. The number of rotatable bonds is 7. The molecule has 1 aromatic rings. The van der Waals surface area contributed by atoms with Crippen LogP contribution in [0.15, 0.2) is 16.9 Å². The van der Waals surface area contributed by atoms with Crippen molar-refractivity contribution in [3.05, 3.63) is 12.3 Å². The number of ether oxygens (including phenoxy) is 1. The van der Waals surface area contributed by atoms with E-state index in [1.807, 2.05) is 0 Å². The number of likely N-dealkylation sites (N-methyl/N-ethyl adjacent to an activating group) is 1. The Morgan fingerprint density at radius 3 is 3.00 bits per heavy atom. The van der Waals surface area contributed by atoms with Gasteiger partial charge in [0.25, 0.3) is 5.91 Å². The van der Waals surface area contributed by atoms with Gasteiger partial charge in [0.15, 0.2) is 5.82 Å². The van der Waals surface area contributed by atoms with Crippen LogP contribution in [0.25, 0.3) is 0 Å². The van der Waals surface area contributed by atoms with Gasteiger partial charge in [-0.2, -0.15) is 0 Å². The minimum absolute atomic E-state index is 0.0904. The van der Waals surface area contributed by atoms with Crippen molar-refractivity contribution in [1.82, 2.24) is 5.16 Å². The topological polar surface area (TPSA) is 55.6 Å². The van der Waals surface area contributed by atoms with Crippen LogP contribution in [-0.2, 0) is 9.53 Å². The normalized spacial score (nSPS) is 10.4. The summed E-state index contributed by atoms with van der Waals surface area (Å²) in [6, 6.07) is 1.63. The Kier molecular flexibility index (Phi) is 5.56. The van der Waals surface area contributed by atoms with Gasteiger partial charge in [0, 0.05) is 19.7 Å². The fraction of sp³-hybridized carbons (Fsp3) is 0.636. The summed E-state index contributed by atoms with van der Waals surface area (Å²) in [6.07, 6.45) is 4.71. The summed E-state index contributed by atoms with van der Waals surface area (Å²) in [4.78, 5) is 13.0. The molecule has 1 rings (SSSR count). The lowest BCUT2D eigenvalue weighted by Gasteiger charge is -2.13. The molecule has 0 saturated heterocycles. The van der Waals surface area contributed by atoms with Crippen LogP contribution in [0, 0.1) is 0 Å². The Morgan fingerprint density at radius 2 is 2.38 bits per heavy atom. The number of unbranched alkanes of at least 4 members (excludes halogenated alkanes) is 2. The van der Waals surface area contributed by atoms with Gasteiger partial charge in [-0.05, 0) is 6.42 Å². The summed E-state index contributed by atoms with van der Waals surface area (Å²) in [7, 11) is 1.65. The molecule has 0 saturated carbocycles. The van der Waals surface area contributed by atoms with Crippen LogP contribution in [0.3, 0.4) is 0 Å². The molecule has 0 fully saturated rings. The first-order chi connectivity index (χ1) is 7.75. The summed E-state index contributed by atoms with van der Waals surface area (Å²) in [6.45, 7) is 2.85. The van der Waals surface area contributed by atoms with Crippen LogP contribution in [0.2, 0.25) is 0 Å². The van der Waals surface area contributed by atoms with Crippen LogP contribution < -0.4 is 4.90 Å². The van der Waals surface area contributed by atoms with E-state index < -0.39 is 0 Å². The Bertz CT molecular complexity index is 298. The predicted octanol–water partition coefficient (Wildman–Crippen LogP) is 1.84. The van der Waals surface area contributed by atoms with Crippen LogP contribution in [0.4, 0.5) is 5.82 Å². The first-order valence-electron chi connectivity index (χ1n) is 5.50. The monoisotopic (exact) mass is 226 g/mol. The van der Waals surface area contributed by atoms with Gasteiger partial charge >= 0.3 is 0 Å². The van der Waals surface area contributed by atoms with E-state index in [0.29, 0.717) is 12.4 Å². The molecule has 0 aliphatic rings. The number of nitrogens with zero attached hydrogens (tertiary/aromatic N) is 2. The molecule has 0 spiro atoms. The zero-order valence-electron chi connectivity index (χ0n) is 9.81. The van der Waals surface area contributed by atoms with Gasteiger partial charge in [-0.1, -0.05) is 24.9 Å². The highest BCUT2D eigenvalue weighted by atomic mass is 16.5. The molecule has 1 aromatic heterocycles. The maximum Gasteiger partial charge on any atom is 0.253 e. The predicted molar refractivity (Wildman–Crippen MR) is 60.3 cm³/mol. The molecule has 0 aliphatic heterocycles. The maximum absolute atomic E-state index is 11.6. The van der Waals surface area contributed by atoms with Gasteiger partial charge in [0.05, 0.1) is 0 Å². The lowest BCUT2D eigenvalue weighted by Crippen LogP contribution is -2.30. The molecular formula is C11H18N2O3. The van der Waals surface area contributed by atoms with Gasteiger partial charge in [-0.25, -0.2) is 0 Å². The summed E-state index contributed by atoms with van der Waals surface area (Å²) >= 11 is 0. The minimum atomic E-state index is -0.120. The zero-order chi connectivity index (χ0) is 11.8. The molecule has 0 N–H and O–H groups in total. The van der Waals surface area contributed by atoms with E-state index in [0.717, 1.165) is 19.3 Å². The van der Waals surface area contributed by atoms with E-state index in [1.54, 1.807) is 13.1 Å². The second-order valence-electron chi connectivity index (χ2n) is 3.57. The standard InChI is InChI=1S/C11H18N2O3/c1-3-4-5-7-15-9-11(14)13(2)10-6-8-16-12-10/h6,8H,3-5,7,9H2,1-2H3. The number of hydrogen-bond acceptors (Lipinski definition) is 4. The van der Waals surface area contributed by atoms with E-state index in [-0.39, 0.29) is 12.5 Å². The molecule has 0 aliphatic carbocycles. The molecule has 5 heteroatoms. The average Bonchev–Trinajstić information content (AvgIpc) is 2.81. The molecule has 1 amide bonds. The zero-order valence-corrected chi connectivity index (χ0v) is 9.81. The molecule has 0 atom stereocenters. The molecule has 0 radical (unpaired) electrons. The summed E-state index contributed by atoms with van der Waals surface area (Å²) in [5.74, 6) is 0.382. The number of hydrogen-bond donors (Lipinski definition) is 0. The molecular weight excluding hydrogens is 208 g/mol. The molecule has 0 bridgehead atoms. The Labute approximate surface area is 95.4 Å². The van der Waals surface area contributed by atoms with E-state index in [9.17, 15) is 4.79 Å². The SMILES string of the molecule is CCCCCOCC(=O)N(C)c1ccon1.